The quantitative estimate of drug-likeness (QED) is 0.721. The van der Waals surface area contributed by atoms with Crippen molar-refractivity contribution in [2.24, 2.45) is 7.05 Å². The van der Waals surface area contributed by atoms with Crippen LogP contribution in [0, 0.1) is 0 Å². The third-order valence-corrected chi connectivity index (χ3v) is 1.84. The predicted octanol–water partition coefficient (Wildman–Crippen LogP) is 0.777. The summed E-state index contributed by atoms with van der Waals surface area (Å²) in [6.45, 7) is 0. The van der Waals surface area contributed by atoms with Crippen LogP contribution in [0.25, 0.3) is 0 Å². The van der Waals surface area contributed by atoms with Gasteiger partial charge in [0, 0.05) is 13.1 Å². The maximum Gasteiger partial charge on any atom is 0.435 e. The van der Waals surface area contributed by atoms with Gasteiger partial charge in [0.1, 0.15) is 0 Å². The lowest BCUT2D eigenvalue weighted by Gasteiger charge is -2.00. The number of alkyl halides is 3. The molecule has 86 valence electrons. The van der Waals surface area contributed by atoms with Crippen molar-refractivity contribution in [1.82, 2.24) is 9.78 Å². The van der Waals surface area contributed by atoms with Gasteiger partial charge in [0.2, 0.25) is 5.88 Å². The zero-order valence-electron chi connectivity index (χ0n) is 7.74. The van der Waals surface area contributed by atoms with E-state index in [0.717, 1.165) is 13.3 Å². The average Bonchev–Trinajstić information content (AvgIpc) is 2.27. The molecule has 0 aliphatic carbocycles. The van der Waals surface area contributed by atoms with Crippen molar-refractivity contribution in [3.63, 3.8) is 0 Å². The van der Waals surface area contributed by atoms with Gasteiger partial charge in [-0.05, 0) is 0 Å². The van der Waals surface area contributed by atoms with Crippen LogP contribution in [-0.2, 0) is 23.3 Å². The van der Waals surface area contributed by atoms with Crippen LogP contribution in [0.1, 0.15) is 5.69 Å². The van der Waals surface area contributed by atoms with Gasteiger partial charge in [-0.15, -0.1) is 0 Å². The Morgan fingerprint density at radius 2 is 2.00 bits per heavy atom. The van der Waals surface area contributed by atoms with Crippen LogP contribution < -0.4 is 4.18 Å². The smallest absolute Gasteiger partial charge is 0.362 e. The zero-order valence-corrected chi connectivity index (χ0v) is 8.56. The zero-order chi connectivity index (χ0) is 11.9. The van der Waals surface area contributed by atoms with E-state index >= 15 is 0 Å². The Balaban J connectivity index is 3.08. The predicted molar refractivity (Wildman–Crippen MR) is 43.7 cm³/mol. The second-order valence-electron chi connectivity index (χ2n) is 2.78. The number of hydrogen-bond acceptors (Lipinski definition) is 4. The Hall–Kier alpha value is -1.25. The van der Waals surface area contributed by atoms with Crippen LogP contribution in [0.2, 0.25) is 0 Å². The highest BCUT2D eigenvalue weighted by molar-refractivity contribution is 7.86. The van der Waals surface area contributed by atoms with Gasteiger partial charge in [-0.3, -0.25) is 0 Å². The molecule has 5 nitrogen and oxygen atoms in total. The Kier molecular flexibility index (Phi) is 2.68. The molecule has 0 bridgehead atoms. The van der Waals surface area contributed by atoms with E-state index in [4.69, 9.17) is 0 Å². The first-order valence-corrected chi connectivity index (χ1v) is 5.42. The van der Waals surface area contributed by atoms with Crippen LogP contribution in [0.3, 0.4) is 0 Å². The molecule has 1 aromatic rings. The fourth-order valence-electron chi connectivity index (χ4n) is 0.822. The van der Waals surface area contributed by atoms with Crippen molar-refractivity contribution >= 4 is 10.1 Å². The third-order valence-electron chi connectivity index (χ3n) is 1.36. The minimum atomic E-state index is -4.63. The molecule has 15 heavy (non-hydrogen) atoms. The third kappa shape index (κ3) is 3.11. The number of aryl methyl sites for hydroxylation is 1. The van der Waals surface area contributed by atoms with Crippen molar-refractivity contribution < 1.29 is 25.8 Å². The average molecular weight is 244 g/mol. The highest BCUT2D eigenvalue weighted by atomic mass is 32.2. The SMILES string of the molecule is Cn1nc(C(F)(F)F)cc1OS(C)(=O)=O. The van der Waals surface area contributed by atoms with E-state index < -0.39 is 27.9 Å². The van der Waals surface area contributed by atoms with Crippen molar-refractivity contribution in [3.8, 4) is 5.88 Å². The Morgan fingerprint density at radius 1 is 1.47 bits per heavy atom. The summed E-state index contributed by atoms with van der Waals surface area (Å²) in [6.07, 6.45) is -3.90. The minimum absolute atomic E-state index is 0.482. The Bertz CT molecular complexity index is 462. The number of aromatic nitrogens is 2. The van der Waals surface area contributed by atoms with Gasteiger partial charge in [0.05, 0.1) is 6.26 Å². The molecule has 9 heteroatoms. The van der Waals surface area contributed by atoms with Crippen molar-refractivity contribution in [1.29, 1.82) is 0 Å². The van der Waals surface area contributed by atoms with Crippen LogP contribution >= 0.6 is 0 Å². The summed E-state index contributed by atoms with van der Waals surface area (Å²) in [5.41, 5.74) is -1.20. The molecule has 0 amide bonds. The second-order valence-corrected chi connectivity index (χ2v) is 4.35. The largest absolute Gasteiger partial charge is 0.435 e. The number of nitrogens with zero attached hydrogens (tertiary/aromatic N) is 2. The highest BCUT2D eigenvalue weighted by Crippen LogP contribution is 2.30. The van der Waals surface area contributed by atoms with E-state index in [1.54, 1.807) is 0 Å². The first-order chi connectivity index (χ1) is 6.59. The lowest BCUT2D eigenvalue weighted by Crippen LogP contribution is -2.09. The molecule has 0 spiro atoms. The number of hydrogen-bond donors (Lipinski definition) is 0. The topological polar surface area (TPSA) is 61.2 Å². The van der Waals surface area contributed by atoms with Crippen molar-refractivity contribution in [2.45, 2.75) is 6.18 Å². The normalized spacial score (nSPS) is 12.9. The van der Waals surface area contributed by atoms with E-state index in [1.165, 1.54) is 0 Å². The molecule has 0 aromatic carbocycles. The van der Waals surface area contributed by atoms with Gasteiger partial charge in [0.25, 0.3) is 0 Å². The molecule has 0 aliphatic heterocycles. The summed E-state index contributed by atoms with van der Waals surface area (Å²) in [4.78, 5) is 0. The van der Waals surface area contributed by atoms with Gasteiger partial charge >= 0.3 is 16.3 Å². The van der Waals surface area contributed by atoms with E-state index in [2.05, 4.69) is 9.28 Å². The highest BCUT2D eigenvalue weighted by Gasteiger charge is 2.35. The molecule has 0 atom stereocenters. The molecule has 0 aliphatic rings. The number of halogens is 3. The molecule has 0 saturated heterocycles. The van der Waals surface area contributed by atoms with Crippen LogP contribution in [0.5, 0.6) is 5.88 Å². The fourth-order valence-corrected chi connectivity index (χ4v) is 1.29. The fraction of sp³-hybridized carbons (Fsp3) is 0.500. The second kappa shape index (κ2) is 3.40. The molecule has 0 N–H and O–H groups in total. The molecular formula is C6H7F3N2O3S. The standard InChI is InChI=1S/C6H7F3N2O3S/c1-11-5(14-15(2,12)13)3-4(10-11)6(7,8)9/h3H,1-2H3. The Morgan fingerprint density at radius 3 is 2.33 bits per heavy atom. The molecular weight excluding hydrogens is 237 g/mol. The maximum absolute atomic E-state index is 12.1. The van der Waals surface area contributed by atoms with Gasteiger partial charge in [0.15, 0.2) is 5.69 Å². The van der Waals surface area contributed by atoms with E-state index in [9.17, 15) is 21.6 Å². The first kappa shape index (κ1) is 11.8. The van der Waals surface area contributed by atoms with E-state index in [0.29, 0.717) is 10.7 Å². The summed E-state index contributed by atoms with van der Waals surface area (Å²) < 4.78 is 62.7. The maximum atomic E-state index is 12.1. The summed E-state index contributed by atoms with van der Waals surface area (Å²) in [6, 6.07) is 0.515. The molecule has 0 radical (unpaired) electrons. The molecule has 0 unspecified atom stereocenters. The van der Waals surface area contributed by atoms with E-state index in [1.807, 2.05) is 0 Å². The van der Waals surface area contributed by atoms with Gasteiger partial charge in [-0.25, -0.2) is 4.68 Å². The first-order valence-electron chi connectivity index (χ1n) is 3.60. The monoisotopic (exact) mass is 244 g/mol. The summed E-state index contributed by atoms with van der Waals surface area (Å²) in [5.74, 6) is -0.482. The van der Waals surface area contributed by atoms with Gasteiger partial charge in [-0.2, -0.15) is 26.7 Å². The molecule has 0 fully saturated rings. The lowest BCUT2D eigenvalue weighted by molar-refractivity contribution is -0.141. The van der Waals surface area contributed by atoms with Crippen LogP contribution in [0.4, 0.5) is 13.2 Å². The lowest BCUT2D eigenvalue weighted by atomic mass is 10.4. The summed E-state index contributed by atoms with van der Waals surface area (Å²) in [5, 5.41) is 3.07. The van der Waals surface area contributed by atoms with Crippen LogP contribution in [-0.4, -0.2) is 24.5 Å². The Labute approximate surface area is 83.6 Å². The molecule has 0 saturated carbocycles. The van der Waals surface area contributed by atoms with Gasteiger partial charge in [-0.1, -0.05) is 0 Å². The summed E-state index contributed by atoms with van der Waals surface area (Å²) in [7, 11) is -2.71. The molecule has 1 heterocycles. The minimum Gasteiger partial charge on any atom is -0.362 e. The van der Waals surface area contributed by atoms with Crippen molar-refractivity contribution in [2.75, 3.05) is 6.26 Å². The van der Waals surface area contributed by atoms with Gasteiger partial charge < -0.3 is 4.18 Å². The van der Waals surface area contributed by atoms with Crippen LogP contribution in [0.15, 0.2) is 6.07 Å². The van der Waals surface area contributed by atoms with Crippen molar-refractivity contribution in [3.05, 3.63) is 11.8 Å². The molecule has 1 rings (SSSR count). The summed E-state index contributed by atoms with van der Waals surface area (Å²) >= 11 is 0. The molecule has 1 aromatic heterocycles. The number of rotatable bonds is 2. The van der Waals surface area contributed by atoms with E-state index in [-0.39, 0.29) is 0 Å².